The van der Waals surface area contributed by atoms with Gasteiger partial charge in [0, 0.05) is 12.4 Å². The number of benzene rings is 1. The second-order valence-electron chi connectivity index (χ2n) is 4.17. The van der Waals surface area contributed by atoms with E-state index < -0.39 is 9.84 Å². The molecule has 4 nitrogen and oxygen atoms in total. The van der Waals surface area contributed by atoms with Crippen molar-refractivity contribution in [3.8, 4) is 0 Å². The molecule has 2 heterocycles. The van der Waals surface area contributed by atoms with Gasteiger partial charge in [0.05, 0.1) is 23.0 Å². The summed E-state index contributed by atoms with van der Waals surface area (Å²) >= 11 is 0. The standard InChI is InChI=1S/C12H12N2O2S/c15-17(16)8-5-11(14-7-6-13-9-14)10-3-1-2-4-12(10)17/h1-4,6-7,9,11H,5,8H2. The molecule has 88 valence electrons. The van der Waals surface area contributed by atoms with Crippen molar-refractivity contribution in [2.45, 2.75) is 17.4 Å². The number of hydrogen-bond acceptors (Lipinski definition) is 3. The Morgan fingerprint density at radius 2 is 2.12 bits per heavy atom. The van der Waals surface area contributed by atoms with Crippen LogP contribution in [0.3, 0.4) is 0 Å². The molecule has 1 atom stereocenters. The molecule has 5 heteroatoms. The lowest BCUT2D eigenvalue weighted by Crippen LogP contribution is -2.23. The molecule has 1 aromatic carbocycles. The fourth-order valence-corrected chi connectivity index (χ4v) is 3.94. The van der Waals surface area contributed by atoms with Gasteiger partial charge in [0.2, 0.25) is 0 Å². The van der Waals surface area contributed by atoms with Gasteiger partial charge in [-0.05, 0) is 18.1 Å². The molecule has 0 saturated carbocycles. The van der Waals surface area contributed by atoms with Crippen LogP contribution in [0.2, 0.25) is 0 Å². The van der Waals surface area contributed by atoms with E-state index in [1.165, 1.54) is 0 Å². The Kier molecular flexibility index (Phi) is 2.29. The molecule has 17 heavy (non-hydrogen) atoms. The van der Waals surface area contributed by atoms with Crippen LogP contribution in [0.15, 0.2) is 47.9 Å². The molecular weight excluding hydrogens is 236 g/mol. The monoisotopic (exact) mass is 248 g/mol. The third kappa shape index (κ3) is 1.67. The van der Waals surface area contributed by atoms with E-state index in [-0.39, 0.29) is 11.8 Å². The van der Waals surface area contributed by atoms with Gasteiger partial charge in [0.1, 0.15) is 0 Å². The van der Waals surface area contributed by atoms with Gasteiger partial charge in [0.25, 0.3) is 0 Å². The van der Waals surface area contributed by atoms with Gasteiger partial charge in [-0.25, -0.2) is 13.4 Å². The SMILES string of the molecule is O=S1(=O)CCC(n2ccnc2)c2ccccc21. The summed E-state index contributed by atoms with van der Waals surface area (Å²) in [5, 5.41) is 0. The first kappa shape index (κ1) is 10.5. The Labute approximate surface area is 99.8 Å². The van der Waals surface area contributed by atoms with E-state index in [1.807, 2.05) is 22.9 Å². The van der Waals surface area contributed by atoms with Gasteiger partial charge in [-0.2, -0.15) is 0 Å². The summed E-state index contributed by atoms with van der Waals surface area (Å²) in [5.41, 5.74) is 0.872. The summed E-state index contributed by atoms with van der Waals surface area (Å²) in [7, 11) is -3.10. The molecule has 1 aliphatic rings. The van der Waals surface area contributed by atoms with Crippen molar-refractivity contribution in [3.63, 3.8) is 0 Å². The summed E-state index contributed by atoms with van der Waals surface area (Å²) in [6, 6.07) is 7.30. The minimum Gasteiger partial charge on any atom is -0.330 e. The quantitative estimate of drug-likeness (QED) is 0.771. The zero-order valence-electron chi connectivity index (χ0n) is 9.15. The van der Waals surface area contributed by atoms with Gasteiger partial charge in [0.15, 0.2) is 9.84 Å². The van der Waals surface area contributed by atoms with Crippen LogP contribution in [0.25, 0.3) is 0 Å². The maximum atomic E-state index is 12.0. The minimum atomic E-state index is -3.10. The minimum absolute atomic E-state index is 0.0808. The number of hydrogen-bond donors (Lipinski definition) is 0. The van der Waals surface area contributed by atoms with Crippen LogP contribution in [0.1, 0.15) is 18.0 Å². The van der Waals surface area contributed by atoms with Crippen LogP contribution >= 0.6 is 0 Å². The number of imidazole rings is 1. The summed E-state index contributed by atoms with van der Waals surface area (Å²) in [6.45, 7) is 0. The van der Waals surface area contributed by atoms with E-state index >= 15 is 0 Å². The maximum absolute atomic E-state index is 12.0. The second kappa shape index (κ2) is 3.70. The first-order valence-electron chi connectivity index (χ1n) is 5.47. The molecular formula is C12H12N2O2S. The van der Waals surface area contributed by atoms with E-state index in [0.29, 0.717) is 11.3 Å². The average Bonchev–Trinajstić information content (AvgIpc) is 2.83. The molecule has 1 aliphatic heterocycles. The zero-order valence-corrected chi connectivity index (χ0v) is 9.97. The molecule has 0 fully saturated rings. The largest absolute Gasteiger partial charge is 0.330 e. The summed E-state index contributed by atoms with van der Waals surface area (Å²) in [5.74, 6) is 0.201. The predicted octanol–water partition coefficient (Wildman–Crippen LogP) is 1.65. The molecule has 1 aromatic heterocycles. The molecule has 1 unspecified atom stereocenters. The maximum Gasteiger partial charge on any atom is 0.178 e. The van der Waals surface area contributed by atoms with E-state index in [1.54, 1.807) is 24.7 Å². The fourth-order valence-electron chi connectivity index (χ4n) is 2.33. The van der Waals surface area contributed by atoms with Crippen molar-refractivity contribution in [1.82, 2.24) is 9.55 Å². The van der Waals surface area contributed by atoms with Crippen LogP contribution in [-0.4, -0.2) is 23.7 Å². The lowest BCUT2D eigenvalue weighted by atomic mass is 10.0. The molecule has 0 saturated heterocycles. The van der Waals surface area contributed by atoms with Gasteiger partial charge < -0.3 is 4.57 Å². The Balaban J connectivity index is 2.18. The van der Waals surface area contributed by atoms with Crippen molar-refractivity contribution in [1.29, 1.82) is 0 Å². The van der Waals surface area contributed by atoms with Crippen molar-refractivity contribution in [2.24, 2.45) is 0 Å². The number of rotatable bonds is 1. The smallest absolute Gasteiger partial charge is 0.178 e. The lowest BCUT2D eigenvalue weighted by Gasteiger charge is -2.26. The number of nitrogens with zero attached hydrogens (tertiary/aromatic N) is 2. The highest BCUT2D eigenvalue weighted by Crippen LogP contribution is 2.34. The molecule has 0 N–H and O–H groups in total. The number of aromatic nitrogens is 2. The summed E-state index contributed by atoms with van der Waals surface area (Å²) in [6.07, 6.45) is 5.93. The zero-order chi connectivity index (χ0) is 11.9. The predicted molar refractivity (Wildman–Crippen MR) is 63.5 cm³/mol. The van der Waals surface area contributed by atoms with Crippen molar-refractivity contribution in [2.75, 3.05) is 5.75 Å². The Bertz CT molecular complexity index is 632. The fraction of sp³-hybridized carbons (Fsp3) is 0.250. The van der Waals surface area contributed by atoms with Crippen molar-refractivity contribution in [3.05, 3.63) is 48.5 Å². The number of fused-ring (bicyclic) bond motifs is 1. The molecule has 0 bridgehead atoms. The van der Waals surface area contributed by atoms with Crippen molar-refractivity contribution < 1.29 is 8.42 Å². The molecule has 0 spiro atoms. The summed E-state index contributed by atoms with van der Waals surface area (Å²) in [4.78, 5) is 4.48. The van der Waals surface area contributed by atoms with Gasteiger partial charge >= 0.3 is 0 Å². The first-order valence-corrected chi connectivity index (χ1v) is 7.13. The van der Waals surface area contributed by atoms with E-state index in [2.05, 4.69) is 4.98 Å². The van der Waals surface area contributed by atoms with Gasteiger partial charge in [-0.1, -0.05) is 18.2 Å². The second-order valence-corrected chi connectivity index (χ2v) is 6.25. The molecule has 0 amide bonds. The molecule has 2 aromatic rings. The van der Waals surface area contributed by atoms with Gasteiger partial charge in [-0.3, -0.25) is 0 Å². The van der Waals surface area contributed by atoms with Crippen LogP contribution in [-0.2, 0) is 9.84 Å². The van der Waals surface area contributed by atoms with Crippen LogP contribution in [0.4, 0.5) is 0 Å². The van der Waals surface area contributed by atoms with E-state index in [4.69, 9.17) is 0 Å². The Morgan fingerprint density at radius 3 is 2.88 bits per heavy atom. The lowest BCUT2D eigenvalue weighted by molar-refractivity contribution is 0.522. The average molecular weight is 248 g/mol. The summed E-state index contributed by atoms with van der Waals surface area (Å²) < 4.78 is 25.9. The first-order chi connectivity index (χ1) is 8.18. The highest BCUT2D eigenvalue weighted by molar-refractivity contribution is 7.91. The van der Waals surface area contributed by atoms with E-state index in [0.717, 1.165) is 5.56 Å². The normalized spacial score (nSPS) is 22.0. The highest BCUT2D eigenvalue weighted by Gasteiger charge is 2.30. The highest BCUT2D eigenvalue weighted by atomic mass is 32.2. The van der Waals surface area contributed by atoms with Crippen molar-refractivity contribution >= 4 is 9.84 Å². The van der Waals surface area contributed by atoms with Gasteiger partial charge in [-0.15, -0.1) is 0 Å². The molecule has 3 rings (SSSR count). The van der Waals surface area contributed by atoms with Crippen LogP contribution in [0.5, 0.6) is 0 Å². The van der Waals surface area contributed by atoms with Crippen LogP contribution < -0.4 is 0 Å². The molecule has 0 radical (unpaired) electrons. The Morgan fingerprint density at radius 1 is 1.29 bits per heavy atom. The van der Waals surface area contributed by atoms with E-state index in [9.17, 15) is 8.42 Å². The van der Waals surface area contributed by atoms with Crippen LogP contribution in [0, 0.1) is 0 Å². The molecule has 0 aliphatic carbocycles. The topological polar surface area (TPSA) is 52.0 Å². The Hall–Kier alpha value is -1.62. The number of sulfone groups is 1. The third-order valence-electron chi connectivity index (χ3n) is 3.16. The third-order valence-corrected chi connectivity index (χ3v) is 4.97.